The molecule has 3 heteroatoms. The summed E-state index contributed by atoms with van der Waals surface area (Å²) in [4.78, 5) is 10.6. The predicted molar refractivity (Wildman–Crippen MR) is 56.5 cm³/mol. The van der Waals surface area contributed by atoms with Crippen molar-refractivity contribution in [2.24, 2.45) is 11.5 Å². The molecule has 1 rings (SSSR count). The molecule has 0 heterocycles. The van der Waals surface area contributed by atoms with Crippen molar-refractivity contribution < 1.29 is 4.79 Å². The van der Waals surface area contributed by atoms with Crippen LogP contribution in [0.1, 0.15) is 18.4 Å². The fourth-order valence-corrected chi connectivity index (χ4v) is 1.31. The lowest BCUT2D eigenvalue weighted by atomic mass is 10.1. The summed E-state index contributed by atoms with van der Waals surface area (Å²) < 4.78 is 0. The van der Waals surface area contributed by atoms with Gasteiger partial charge in [0.25, 0.3) is 0 Å². The van der Waals surface area contributed by atoms with Crippen molar-refractivity contribution in [3.05, 3.63) is 35.9 Å². The van der Waals surface area contributed by atoms with Gasteiger partial charge in [-0.25, -0.2) is 0 Å². The molecule has 3 nitrogen and oxygen atoms in total. The Morgan fingerprint density at radius 2 is 1.93 bits per heavy atom. The Hall–Kier alpha value is -1.35. The van der Waals surface area contributed by atoms with E-state index in [-0.39, 0.29) is 0 Å². The van der Waals surface area contributed by atoms with Crippen LogP contribution in [0.3, 0.4) is 0 Å². The van der Waals surface area contributed by atoms with Gasteiger partial charge in [-0.15, -0.1) is 0 Å². The number of carbonyl (C=O) groups excluding carboxylic acids is 1. The Labute approximate surface area is 84.1 Å². The van der Waals surface area contributed by atoms with Gasteiger partial charge in [-0.05, 0) is 24.8 Å². The number of carbonyl (C=O) groups is 1. The number of rotatable bonds is 5. The standard InChI is InChI=1S/C11H16N2O/c12-10(11(13)14)8-4-7-9-5-2-1-3-6-9/h1-3,5-6,10H,4,7-8,12H2,(H2,13,14). The highest BCUT2D eigenvalue weighted by molar-refractivity contribution is 5.79. The molecule has 0 radical (unpaired) electrons. The number of hydrogen-bond acceptors (Lipinski definition) is 2. The van der Waals surface area contributed by atoms with E-state index in [0.717, 1.165) is 12.8 Å². The molecule has 0 aliphatic rings. The van der Waals surface area contributed by atoms with Crippen LogP contribution in [0.4, 0.5) is 0 Å². The predicted octanol–water partition coefficient (Wildman–Crippen LogP) is 0.822. The summed E-state index contributed by atoms with van der Waals surface area (Å²) in [5, 5.41) is 0. The minimum Gasteiger partial charge on any atom is -0.368 e. The van der Waals surface area contributed by atoms with Crippen LogP contribution in [-0.4, -0.2) is 11.9 Å². The molecule has 0 bridgehead atoms. The molecule has 1 amide bonds. The molecular weight excluding hydrogens is 176 g/mol. The Morgan fingerprint density at radius 1 is 1.29 bits per heavy atom. The average molecular weight is 192 g/mol. The van der Waals surface area contributed by atoms with Crippen molar-refractivity contribution in [3.63, 3.8) is 0 Å². The van der Waals surface area contributed by atoms with Gasteiger partial charge in [0.1, 0.15) is 0 Å². The van der Waals surface area contributed by atoms with Gasteiger partial charge in [0, 0.05) is 0 Å². The van der Waals surface area contributed by atoms with Crippen LogP contribution in [0.15, 0.2) is 30.3 Å². The van der Waals surface area contributed by atoms with Crippen molar-refractivity contribution in [3.8, 4) is 0 Å². The van der Waals surface area contributed by atoms with E-state index in [1.54, 1.807) is 0 Å². The summed E-state index contributed by atoms with van der Waals surface area (Å²) in [6.45, 7) is 0. The van der Waals surface area contributed by atoms with Crippen LogP contribution < -0.4 is 11.5 Å². The summed E-state index contributed by atoms with van der Waals surface area (Å²) in [6, 6.07) is 9.62. The third-order valence-corrected chi connectivity index (χ3v) is 2.19. The Bertz CT molecular complexity index is 285. The summed E-state index contributed by atoms with van der Waals surface area (Å²) in [5.74, 6) is -0.418. The number of aryl methyl sites for hydroxylation is 1. The molecule has 4 N–H and O–H groups in total. The summed E-state index contributed by atoms with van der Waals surface area (Å²) >= 11 is 0. The topological polar surface area (TPSA) is 69.1 Å². The lowest BCUT2D eigenvalue weighted by Gasteiger charge is -2.06. The first kappa shape index (κ1) is 10.7. The molecular formula is C11H16N2O. The maximum atomic E-state index is 10.6. The maximum absolute atomic E-state index is 10.6. The minimum absolute atomic E-state index is 0.418. The Morgan fingerprint density at radius 3 is 2.50 bits per heavy atom. The number of hydrogen-bond donors (Lipinski definition) is 2. The molecule has 0 fully saturated rings. The van der Waals surface area contributed by atoms with Crippen molar-refractivity contribution in [1.29, 1.82) is 0 Å². The largest absolute Gasteiger partial charge is 0.368 e. The zero-order valence-electron chi connectivity index (χ0n) is 8.15. The molecule has 0 aliphatic heterocycles. The summed E-state index contributed by atoms with van der Waals surface area (Å²) in [7, 11) is 0. The van der Waals surface area contributed by atoms with Crippen molar-refractivity contribution >= 4 is 5.91 Å². The van der Waals surface area contributed by atoms with Crippen LogP contribution in [0.5, 0.6) is 0 Å². The fraction of sp³-hybridized carbons (Fsp3) is 0.364. The van der Waals surface area contributed by atoms with Crippen molar-refractivity contribution in [2.75, 3.05) is 0 Å². The normalized spacial score (nSPS) is 12.4. The van der Waals surface area contributed by atoms with E-state index in [1.807, 2.05) is 18.2 Å². The quantitative estimate of drug-likeness (QED) is 0.725. The number of nitrogens with two attached hydrogens (primary N) is 2. The SMILES string of the molecule is NC(=O)C(N)CCCc1ccccc1. The van der Waals surface area contributed by atoms with E-state index in [1.165, 1.54) is 5.56 Å². The third kappa shape index (κ3) is 3.58. The zero-order chi connectivity index (χ0) is 10.4. The maximum Gasteiger partial charge on any atom is 0.234 e. The first-order valence-corrected chi connectivity index (χ1v) is 4.79. The molecule has 14 heavy (non-hydrogen) atoms. The molecule has 1 aromatic carbocycles. The fourth-order valence-electron chi connectivity index (χ4n) is 1.31. The van der Waals surface area contributed by atoms with Gasteiger partial charge in [-0.2, -0.15) is 0 Å². The molecule has 0 spiro atoms. The second-order valence-corrected chi connectivity index (χ2v) is 3.39. The Kier molecular flexibility index (Phi) is 4.13. The second kappa shape index (κ2) is 5.40. The van der Waals surface area contributed by atoms with Crippen LogP contribution in [0.25, 0.3) is 0 Å². The van der Waals surface area contributed by atoms with E-state index in [0.29, 0.717) is 6.42 Å². The highest BCUT2D eigenvalue weighted by Crippen LogP contribution is 2.05. The van der Waals surface area contributed by atoms with E-state index in [4.69, 9.17) is 11.5 Å². The van der Waals surface area contributed by atoms with Crippen molar-refractivity contribution in [1.82, 2.24) is 0 Å². The number of amides is 1. The molecule has 0 saturated carbocycles. The van der Waals surface area contributed by atoms with Gasteiger partial charge in [-0.3, -0.25) is 4.79 Å². The molecule has 76 valence electrons. The van der Waals surface area contributed by atoms with Gasteiger partial charge in [0.05, 0.1) is 6.04 Å². The Balaban J connectivity index is 2.26. The molecule has 1 aromatic rings. The van der Waals surface area contributed by atoms with E-state index < -0.39 is 11.9 Å². The van der Waals surface area contributed by atoms with Gasteiger partial charge in [0.15, 0.2) is 0 Å². The molecule has 1 unspecified atom stereocenters. The lowest BCUT2D eigenvalue weighted by molar-refractivity contribution is -0.119. The lowest BCUT2D eigenvalue weighted by Crippen LogP contribution is -2.36. The van der Waals surface area contributed by atoms with E-state index in [2.05, 4.69) is 12.1 Å². The first-order valence-electron chi connectivity index (χ1n) is 4.79. The number of benzene rings is 1. The van der Waals surface area contributed by atoms with Gasteiger partial charge < -0.3 is 11.5 Å². The van der Waals surface area contributed by atoms with Crippen LogP contribution in [-0.2, 0) is 11.2 Å². The van der Waals surface area contributed by atoms with Crippen LogP contribution in [0, 0.1) is 0 Å². The minimum atomic E-state index is -0.501. The highest BCUT2D eigenvalue weighted by atomic mass is 16.1. The molecule has 0 saturated heterocycles. The van der Waals surface area contributed by atoms with Crippen molar-refractivity contribution in [2.45, 2.75) is 25.3 Å². The van der Waals surface area contributed by atoms with Gasteiger partial charge >= 0.3 is 0 Å². The van der Waals surface area contributed by atoms with Gasteiger partial charge in [0.2, 0.25) is 5.91 Å². The second-order valence-electron chi connectivity index (χ2n) is 3.39. The van der Waals surface area contributed by atoms with E-state index >= 15 is 0 Å². The van der Waals surface area contributed by atoms with Crippen LogP contribution in [0.2, 0.25) is 0 Å². The molecule has 0 aliphatic carbocycles. The molecule has 0 aromatic heterocycles. The summed E-state index contributed by atoms with van der Waals surface area (Å²) in [5.41, 5.74) is 11.8. The smallest absolute Gasteiger partial charge is 0.234 e. The molecule has 1 atom stereocenters. The summed E-state index contributed by atoms with van der Waals surface area (Å²) in [6.07, 6.45) is 2.50. The van der Waals surface area contributed by atoms with E-state index in [9.17, 15) is 4.79 Å². The highest BCUT2D eigenvalue weighted by Gasteiger charge is 2.07. The van der Waals surface area contributed by atoms with Crippen LogP contribution >= 0.6 is 0 Å². The number of primary amides is 1. The third-order valence-electron chi connectivity index (χ3n) is 2.19. The first-order chi connectivity index (χ1) is 6.70. The average Bonchev–Trinajstić information content (AvgIpc) is 2.19. The monoisotopic (exact) mass is 192 g/mol. The zero-order valence-corrected chi connectivity index (χ0v) is 8.15. The van der Waals surface area contributed by atoms with Gasteiger partial charge in [-0.1, -0.05) is 30.3 Å².